The molecule has 1 atom stereocenters. The molecule has 1 heterocycles. The average molecular weight is 371 g/mol. The van der Waals surface area contributed by atoms with Crippen molar-refractivity contribution in [2.24, 2.45) is 0 Å². The summed E-state index contributed by atoms with van der Waals surface area (Å²) >= 11 is 0. The molecule has 0 bridgehead atoms. The molecule has 1 unspecified atom stereocenters. The number of nitro benzene ring substituents is 1. The molecule has 1 fully saturated rings. The Morgan fingerprint density at radius 3 is 2.63 bits per heavy atom. The maximum Gasteiger partial charge on any atom is 0.269 e. The first-order valence-corrected chi connectivity index (χ1v) is 9.07. The molecular weight excluding hydrogens is 346 g/mol. The number of methoxy groups -OCH3 is 1. The van der Waals surface area contributed by atoms with E-state index in [4.69, 9.17) is 9.47 Å². The molecule has 0 spiro atoms. The number of ether oxygens (including phenoxy) is 2. The van der Waals surface area contributed by atoms with E-state index in [1.807, 2.05) is 18.2 Å². The van der Waals surface area contributed by atoms with Crippen molar-refractivity contribution in [2.75, 3.05) is 40.0 Å². The lowest BCUT2D eigenvalue weighted by Crippen LogP contribution is -2.42. The summed E-state index contributed by atoms with van der Waals surface area (Å²) in [5.74, 6) is 0.837. The van der Waals surface area contributed by atoms with Gasteiger partial charge in [-0.25, -0.2) is 0 Å². The van der Waals surface area contributed by atoms with Gasteiger partial charge in [-0.05, 0) is 23.3 Å². The van der Waals surface area contributed by atoms with E-state index in [0.717, 1.165) is 44.2 Å². The molecule has 0 amide bonds. The second-order valence-corrected chi connectivity index (χ2v) is 6.50. The van der Waals surface area contributed by atoms with Crippen LogP contribution in [0, 0.1) is 10.1 Å². The van der Waals surface area contributed by atoms with Gasteiger partial charge in [-0.2, -0.15) is 0 Å². The number of nitro groups is 1. The number of morpholine rings is 1. The summed E-state index contributed by atoms with van der Waals surface area (Å²) in [5.41, 5.74) is 2.23. The summed E-state index contributed by atoms with van der Waals surface area (Å²) in [4.78, 5) is 13.0. The number of benzene rings is 2. The minimum Gasteiger partial charge on any atom is -0.497 e. The molecule has 144 valence electrons. The molecule has 1 saturated heterocycles. The molecule has 2 aromatic rings. The number of nitrogens with one attached hydrogen (secondary N) is 1. The Balaban J connectivity index is 1.67. The van der Waals surface area contributed by atoms with Crippen molar-refractivity contribution in [3.63, 3.8) is 0 Å². The number of nitrogens with zero attached hydrogens (tertiary/aromatic N) is 2. The highest BCUT2D eigenvalue weighted by Crippen LogP contribution is 2.24. The van der Waals surface area contributed by atoms with Gasteiger partial charge >= 0.3 is 0 Å². The SMILES string of the molecule is COc1ccc(C(CNCc2cccc([N+](=O)[O-])c2)N2CCOCC2)cc1. The molecular formula is C20H25N3O4. The van der Waals surface area contributed by atoms with E-state index < -0.39 is 0 Å². The zero-order chi connectivity index (χ0) is 19.1. The lowest BCUT2D eigenvalue weighted by Gasteiger charge is -2.35. The fraction of sp³-hybridized carbons (Fsp3) is 0.400. The summed E-state index contributed by atoms with van der Waals surface area (Å²) < 4.78 is 10.7. The van der Waals surface area contributed by atoms with E-state index in [-0.39, 0.29) is 16.7 Å². The van der Waals surface area contributed by atoms with Gasteiger partial charge in [0.25, 0.3) is 5.69 Å². The van der Waals surface area contributed by atoms with Gasteiger partial charge in [0, 0.05) is 44.4 Å². The molecule has 2 aromatic carbocycles. The Kier molecular flexibility index (Phi) is 6.75. The Hall–Kier alpha value is -2.48. The van der Waals surface area contributed by atoms with Crippen molar-refractivity contribution in [2.45, 2.75) is 12.6 Å². The predicted octanol–water partition coefficient (Wildman–Crippen LogP) is 2.77. The lowest BCUT2D eigenvalue weighted by molar-refractivity contribution is -0.384. The van der Waals surface area contributed by atoms with Crippen LogP contribution in [0.3, 0.4) is 0 Å². The van der Waals surface area contributed by atoms with E-state index in [1.54, 1.807) is 19.2 Å². The van der Waals surface area contributed by atoms with Crippen molar-refractivity contribution >= 4 is 5.69 Å². The zero-order valence-corrected chi connectivity index (χ0v) is 15.5. The van der Waals surface area contributed by atoms with Crippen molar-refractivity contribution in [1.29, 1.82) is 0 Å². The van der Waals surface area contributed by atoms with Crippen molar-refractivity contribution in [1.82, 2.24) is 10.2 Å². The van der Waals surface area contributed by atoms with Crippen LogP contribution < -0.4 is 10.1 Å². The normalized spacial score (nSPS) is 16.0. The largest absolute Gasteiger partial charge is 0.497 e. The smallest absolute Gasteiger partial charge is 0.269 e. The molecule has 7 nitrogen and oxygen atoms in total. The summed E-state index contributed by atoms with van der Waals surface area (Å²) in [5, 5.41) is 14.4. The van der Waals surface area contributed by atoms with Crippen LogP contribution in [0.2, 0.25) is 0 Å². The maximum atomic E-state index is 10.9. The topological polar surface area (TPSA) is 76.9 Å². The number of rotatable bonds is 8. The van der Waals surface area contributed by atoms with Crippen LogP contribution in [0.25, 0.3) is 0 Å². The molecule has 0 radical (unpaired) electrons. The Morgan fingerprint density at radius 2 is 1.96 bits per heavy atom. The molecule has 3 rings (SSSR count). The van der Waals surface area contributed by atoms with Crippen molar-refractivity contribution in [3.8, 4) is 5.75 Å². The van der Waals surface area contributed by atoms with Gasteiger partial charge in [0.05, 0.1) is 25.2 Å². The highest BCUT2D eigenvalue weighted by molar-refractivity contribution is 5.34. The molecule has 27 heavy (non-hydrogen) atoms. The quantitative estimate of drug-likeness (QED) is 0.568. The lowest BCUT2D eigenvalue weighted by atomic mass is 10.0. The van der Waals surface area contributed by atoms with Gasteiger partial charge in [0.1, 0.15) is 5.75 Å². The van der Waals surface area contributed by atoms with Gasteiger partial charge in [-0.3, -0.25) is 15.0 Å². The van der Waals surface area contributed by atoms with E-state index in [9.17, 15) is 10.1 Å². The van der Waals surface area contributed by atoms with Gasteiger partial charge in [0.15, 0.2) is 0 Å². The van der Waals surface area contributed by atoms with Crippen LogP contribution in [-0.4, -0.2) is 49.8 Å². The maximum absolute atomic E-state index is 10.9. The van der Waals surface area contributed by atoms with Gasteiger partial charge < -0.3 is 14.8 Å². The molecule has 1 aliphatic rings. The third kappa shape index (κ3) is 5.26. The van der Waals surface area contributed by atoms with Crippen molar-refractivity contribution < 1.29 is 14.4 Å². The van der Waals surface area contributed by atoms with Crippen LogP contribution >= 0.6 is 0 Å². The molecule has 1 aliphatic heterocycles. The molecule has 0 aliphatic carbocycles. The average Bonchev–Trinajstić information content (AvgIpc) is 2.72. The van der Waals surface area contributed by atoms with E-state index in [0.29, 0.717) is 6.54 Å². The first-order chi connectivity index (χ1) is 13.2. The molecule has 7 heteroatoms. The molecule has 0 saturated carbocycles. The number of non-ortho nitro benzene ring substituents is 1. The van der Waals surface area contributed by atoms with Crippen LogP contribution in [0.15, 0.2) is 48.5 Å². The van der Waals surface area contributed by atoms with E-state index in [1.165, 1.54) is 11.6 Å². The summed E-state index contributed by atoms with van der Waals surface area (Å²) in [6.45, 7) is 4.56. The second kappa shape index (κ2) is 9.45. The van der Waals surface area contributed by atoms with Gasteiger partial charge in [0.2, 0.25) is 0 Å². The monoisotopic (exact) mass is 371 g/mol. The van der Waals surface area contributed by atoms with Gasteiger partial charge in [-0.15, -0.1) is 0 Å². The zero-order valence-electron chi connectivity index (χ0n) is 15.5. The number of hydrogen-bond acceptors (Lipinski definition) is 6. The van der Waals surface area contributed by atoms with Crippen LogP contribution in [0.4, 0.5) is 5.69 Å². The summed E-state index contributed by atoms with van der Waals surface area (Å²) in [6, 6.07) is 15.1. The van der Waals surface area contributed by atoms with Gasteiger partial charge in [-0.1, -0.05) is 24.3 Å². The Morgan fingerprint density at radius 1 is 1.22 bits per heavy atom. The molecule has 0 aromatic heterocycles. The van der Waals surface area contributed by atoms with E-state index in [2.05, 4.69) is 22.3 Å². The third-order valence-corrected chi connectivity index (χ3v) is 4.78. The highest BCUT2D eigenvalue weighted by Gasteiger charge is 2.22. The second-order valence-electron chi connectivity index (χ2n) is 6.50. The standard InChI is InChI=1S/C20H25N3O4/c1-26-19-7-5-17(6-8-19)20(22-9-11-27-12-10-22)15-21-14-16-3-2-4-18(13-16)23(24)25/h2-8,13,20-21H,9-12,14-15H2,1H3. The first kappa shape index (κ1) is 19.3. The Bertz CT molecular complexity index is 745. The number of hydrogen-bond donors (Lipinski definition) is 1. The van der Waals surface area contributed by atoms with E-state index >= 15 is 0 Å². The summed E-state index contributed by atoms with van der Waals surface area (Å²) in [7, 11) is 1.66. The fourth-order valence-corrected chi connectivity index (χ4v) is 3.31. The third-order valence-electron chi connectivity index (χ3n) is 4.78. The predicted molar refractivity (Wildman–Crippen MR) is 103 cm³/mol. The van der Waals surface area contributed by atoms with Crippen LogP contribution in [0.5, 0.6) is 5.75 Å². The summed E-state index contributed by atoms with van der Waals surface area (Å²) in [6.07, 6.45) is 0. The van der Waals surface area contributed by atoms with Crippen LogP contribution in [-0.2, 0) is 11.3 Å². The Labute approximate surface area is 159 Å². The molecule has 1 N–H and O–H groups in total. The minimum atomic E-state index is -0.364. The van der Waals surface area contributed by atoms with Crippen LogP contribution in [0.1, 0.15) is 17.2 Å². The first-order valence-electron chi connectivity index (χ1n) is 9.07. The highest BCUT2D eigenvalue weighted by atomic mass is 16.6. The fourth-order valence-electron chi connectivity index (χ4n) is 3.31. The van der Waals surface area contributed by atoms with Crippen molar-refractivity contribution in [3.05, 3.63) is 69.8 Å². The minimum absolute atomic E-state index is 0.120.